The number of anilines is 1. The third kappa shape index (κ3) is 2.93. The summed E-state index contributed by atoms with van der Waals surface area (Å²) in [6.07, 6.45) is 1.52. The highest BCUT2D eigenvalue weighted by atomic mass is 19.1. The van der Waals surface area contributed by atoms with Gasteiger partial charge in [0.1, 0.15) is 35.9 Å². The first-order chi connectivity index (χ1) is 13.5. The molecular weight excluding hydrogens is 368 g/mol. The molecule has 0 saturated heterocycles. The molecule has 1 amide bonds. The minimum Gasteiger partial charge on any atom is -0.462 e. The summed E-state index contributed by atoms with van der Waals surface area (Å²) in [4.78, 5) is 20.4. The zero-order chi connectivity index (χ0) is 19.9. The van der Waals surface area contributed by atoms with E-state index in [0.717, 1.165) is 6.07 Å². The van der Waals surface area contributed by atoms with E-state index in [-0.39, 0.29) is 35.0 Å². The van der Waals surface area contributed by atoms with E-state index in [9.17, 15) is 13.6 Å². The lowest BCUT2D eigenvalue weighted by atomic mass is 9.85. The zero-order valence-corrected chi connectivity index (χ0v) is 14.5. The molecule has 1 unspecified atom stereocenters. The van der Waals surface area contributed by atoms with Crippen LogP contribution in [0.3, 0.4) is 0 Å². The van der Waals surface area contributed by atoms with Crippen molar-refractivity contribution in [3.05, 3.63) is 59.2 Å². The van der Waals surface area contributed by atoms with E-state index in [1.54, 1.807) is 0 Å². The summed E-state index contributed by atoms with van der Waals surface area (Å²) in [6.45, 7) is -0.941. The van der Waals surface area contributed by atoms with Crippen LogP contribution in [-0.4, -0.2) is 29.7 Å². The Labute approximate surface area is 158 Å². The maximum atomic E-state index is 14.6. The molecule has 1 aliphatic carbocycles. The molecule has 2 aliphatic rings. The fraction of sp³-hybridized carbons (Fsp3) is 0.263. The molecule has 7 nitrogen and oxygen atoms in total. The first-order valence-electron chi connectivity index (χ1n) is 8.52. The van der Waals surface area contributed by atoms with Crippen molar-refractivity contribution >= 4 is 17.6 Å². The number of pyridine rings is 1. The average molecular weight is 383 g/mol. The second kappa shape index (κ2) is 6.56. The molecule has 2 aromatic rings. The minimum absolute atomic E-state index is 0.0133. The minimum atomic E-state index is -1.47. The molecule has 2 heterocycles. The van der Waals surface area contributed by atoms with Gasteiger partial charge in [-0.1, -0.05) is 0 Å². The van der Waals surface area contributed by atoms with E-state index in [4.69, 9.17) is 15.7 Å². The predicted molar refractivity (Wildman–Crippen MR) is 95.6 cm³/mol. The van der Waals surface area contributed by atoms with Gasteiger partial charge >= 0.3 is 0 Å². The van der Waals surface area contributed by atoms with Crippen LogP contribution in [0.1, 0.15) is 28.0 Å². The normalized spacial score (nSPS) is 25.0. The number of halogens is 2. The van der Waals surface area contributed by atoms with E-state index in [2.05, 4.69) is 15.3 Å². The second-order valence-electron chi connectivity index (χ2n) is 6.70. The number of ether oxygens (including phenoxy) is 1. The van der Waals surface area contributed by atoms with Crippen molar-refractivity contribution in [1.82, 2.24) is 4.98 Å². The van der Waals surface area contributed by atoms with Crippen LogP contribution in [0.2, 0.25) is 0 Å². The fourth-order valence-corrected chi connectivity index (χ4v) is 3.45. The molecule has 1 saturated carbocycles. The number of hydrogen-bond donors (Lipinski definition) is 2. The molecule has 9 heteroatoms. The summed E-state index contributed by atoms with van der Waals surface area (Å²) in [5.74, 6) is -1.50. The predicted octanol–water partition coefficient (Wildman–Crippen LogP) is 2.24. The molecule has 3 atom stereocenters. The lowest BCUT2D eigenvalue weighted by Gasteiger charge is -2.31. The number of nitrogens with one attached hydrogen (secondary N) is 1. The quantitative estimate of drug-likeness (QED) is 0.841. The van der Waals surface area contributed by atoms with Gasteiger partial charge in [-0.2, -0.15) is 5.26 Å². The van der Waals surface area contributed by atoms with Gasteiger partial charge in [-0.15, -0.1) is 0 Å². The van der Waals surface area contributed by atoms with Gasteiger partial charge in [0.25, 0.3) is 11.9 Å². The van der Waals surface area contributed by atoms with E-state index in [1.165, 1.54) is 30.5 Å². The molecule has 1 aliphatic heterocycles. The largest absolute Gasteiger partial charge is 0.462 e. The SMILES string of the molecule is N#Cc1ccc(C(=O)Nc2ccc(F)c([C@@]3(CF)N=C(N)O[C@@H]4CC43)c2)nc1. The van der Waals surface area contributed by atoms with Crippen LogP contribution in [0, 0.1) is 23.1 Å². The van der Waals surface area contributed by atoms with E-state index < -0.39 is 23.9 Å². The number of carbonyl (C=O) groups excluding carboxylic acids is 1. The lowest BCUT2D eigenvalue weighted by molar-refractivity contribution is 0.102. The number of alkyl halides is 1. The number of nitrogens with zero attached hydrogens (tertiary/aromatic N) is 3. The summed E-state index contributed by atoms with van der Waals surface area (Å²) in [5.41, 5.74) is 4.86. The summed E-state index contributed by atoms with van der Waals surface area (Å²) in [5, 5.41) is 11.4. The van der Waals surface area contributed by atoms with Crippen molar-refractivity contribution in [1.29, 1.82) is 5.26 Å². The third-order valence-electron chi connectivity index (χ3n) is 4.95. The van der Waals surface area contributed by atoms with E-state index in [1.807, 2.05) is 6.07 Å². The van der Waals surface area contributed by atoms with Crippen molar-refractivity contribution in [2.24, 2.45) is 16.6 Å². The number of fused-ring (bicyclic) bond motifs is 1. The first kappa shape index (κ1) is 17.9. The Hall–Kier alpha value is -3.54. The standard InChI is InChI=1S/C19H15F2N5O2/c20-9-19(13-6-16(13)28-18(23)26-19)12-5-11(2-3-14(12)21)25-17(27)15-4-1-10(7-22)8-24-15/h1-5,8,13,16H,6,9H2,(H2,23,26)(H,25,27)/t13?,16-,19-/m1/s1. The number of aliphatic imine (C=N–C) groups is 1. The molecule has 0 radical (unpaired) electrons. The summed E-state index contributed by atoms with van der Waals surface area (Å²) < 4.78 is 33.9. The van der Waals surface area contributed by atoms with Crippen LogP contribution in [0.15, 0.2) is 41.5 Å². The zero-order valence-electron chi connectivity index (χ0n) is 14.5. The summed E-state index contributed by atoms with van der Waals surface area (Å²) in [6, 6.07) is 8.47. The number of rotatable bonds is 4. The Morgan fingerprint density at radius 3 is 2.93 bits per heavy atom. The topological polar surface area (TPSA) is 113 Å². The average Bonchev–Trinajstić information content (AvgIpc) is 3.48. The molecule has 1 aromatic heterocycles. The molecule has 0 bridgehead atoms. The molecule has 3 N–H and O–H groups in total. The first-order valence-corrected chi connectivity index (χ1v) is 8.52. The Morgan fingerprint density at radius 1 is 1.43 bits per heavy atom. The molecule has 1 aromatic carbocycles. The van der Waals surface area contributed by atoms with Gasteiger partial charge in [-0.25, -0.2) is 18.8 Å². The number of amides is 1. The highest BCUT2D eigenvalue weighted by Crippen LogP contribution is 2.53. The number of nitriles is 1. The van der Waals surface area contributed by atoms with Gasteiger partial charge in [-0.05, 0) is 36.8 Å². The molecule has 142 valence electrons. The highest BCUT2D eigenvalue weighted by molar-refractivity contribution is 6.02. The van der Waals surface area contributed by atoms with Crippen molar-refractivity contribution in [2.45, 2.75) is 18.1 Å². The monoisotopic (exact) mass is 383 g/mol. The van der Waals surface area contributed by atoms with E-state index >= 15 is 0 Å². The Kier molecular flexibility index (Phi) is 4.19. The fourth-order valence-electron chi connectivity index (χ4n) is 3.45. The van der Waals surface area contributed by atoms with Crippen LogP contribution >= 0.6 is 0 Å². The second-order valence-corrected chi connectivity index (χ2v) is 6.70. The Morgan fingerprint density at radius 2 is 2.25 bits per heavy atom. The third-order valence-corrected chi connectivity index (χ3v) is 4.95. The number of amidine groups is 1. The highest BCUT2D eigenvalue weighted by Gasteiger charge is 2.60. The van der Waals surface area contributed by atoms with Crippen molar-refractivity contribution in [2.75, 3.05) is 12.0 Å². The molecular formula is C19H15F2N5O2. The van der Waals surface area contributed by atoms with Gasteiger partial charge in [0, 0.05) is 23.4 Å². The van der Waals surface area contributed by atoms with Crippen molar-refractivity contribution in [3.8, 4) is 6.07 Å². The smallest absolute Gasteiger partial charge is 0.283 e. The van der Waals surface area contributed by atoms with Crippen LogP contribution in [0.25, 0.3) is 0 Å². The van der Waals surface area contributed by atoms with E-state index in [0.29, 0.717) is 12.0 Å². The molecule has 4 rings (SSSR count). The number of aromatic nitrogens is 1. The van der Waals surface area contributed by atoms with Gasteiger partial charge in [0.05, 0.1) is 5.56 Å². The Balaban J connectivity index is 1.65. The van der Waals surface area contributed by atoms with Gasteiger partial charge in [-0.3, -0.25) is 4.79 Å². The van der Waals surface area contributed by atoms with Crippen molar-refractivity contribution < 1.29 is 18.3 Å². The maximum absolute atomic E-state index is 14.6. The number of hydrogen-bond acceptors (Lipinski definition) is 6. The summed E-state index contributed by atoms with van der Waals surface area (Å²) >= 11 is 0. The van der Waals surface area contributed by atoms with Gasteiger partial charge < -0.3 is 15.8 Å². The van der Waals surface area contributed by atoms with Crippen LogP contribution in [-0.2, 0) is 10.3 Å². The molecule has 28 heavy (non-hydrogen) atoms. The van der Waals surface area contributed by atoms with Crippen LogP contribution in [0.4, 0.5) is 14.5 Å². The van der Waals surface area contributed by atoms with Gasteiger partial charge in [0.2, 0.25) is 0 Å². The van der Waals surface area contributed by atoms with Crippen LogP contribution < -0.4 is 11.1 Å². The lowest BCUT2D eigenvalue weighted by Crippen LogP contribution is -2.39. The molecule has 1 fully saturated rings. The number of nitrogens with two attached hydrogens (primary N) is 1. The Bertz CT molecular complexity index is 1020. The summed E-state index contributed by atoms with van der Waals surface area (Å²) in [7, 11) is 0. The van der Waals surface area contributed by atoms with Crippen LogP contribution in [0.5, 0.6) is 0 Å². The number of benzene rings is 1. The number of carbonyl (C=O) groups is 1. The van der Waals surface area contributed by atoms with Gasteiger partial charge in [0.15, 0.2) is 0 Å². The molecule has 0 spiro atoms. The maximum Gasteiger partial charge on any atom is 0.283 e. The van der Waals surface area contributed by atoms with Crippen molar-refractivity contribution in [3.63, 3.8) is 0 Å².